The molecule has 0 bridgehead atoms. The van der Waals surface area contributed by atoms with Crippen molar-refractivity contribution >= 4 is 21.7 Å². The van der Waals surface area contributed by atoms with Crippen molar-refractivity contribution in [1.82, 2.24) is 0 Å². The minimum Gasteiger partial charge on any atom is -0.491 e. The number of carbonyl (C=O) groups excluding carboxylic acids is 1. The fourth-order valence-corrected chi connectivity index (χ4v) is 2.69. The summed E-state index contributed by atoms with van der Waals surface area (Å²) in [5.74, 6) is -2.34. The van der Waals surface area contributed by atoms with Gasteiger partial charge in [-0.1, -0.05) is 12.1 Å². The summed E-state index contributed by atoms with van der Waals surface area (Å²) in [5.41, 5.74) is 5.47. The molecule has 0 aromatic heterocycles. The summed E-state index contributed by atoms with van der Waals surface area (Å²) in [6.07, 6.45) is -0.243. The van der Waals surface area contributed by atoms with E-state index in [0.717, 1.165) is 0 Å². The van der Waals surface area contributed by atoms with Crippen molar-refractivity contribution < 1.29 is 27.9 Å². The van der Waals surface area contributed by atoms with Gasteiger partial charge in [-0.25, -0.2) is 13.2 Å². The monoisotopic (exact) mass is 315 g/mol. The van der Waals surface area contributed by atoms with Crippen LogP contribution < -0.4 is 10.5 Å². The van der Waals surface area contributed by atoms with Gasteiger partial charge in [0.1, 0.15) is 17.9 Å². The van der Waals surface area contributed by atoms with Crippen LogP contribution in [0.3, 0.4) is 0 Å². The van der Waals surface area contributed by atoms with Crippen molar-refractivity contribution in [2.24, 2.45) is 5.73 Å². The van der Waals surface area contributed by atoms with Crippen LogP contribution in [0.4, 0.5) is 0 Å². The first-order valence-corrected chi connectivity index (χ1v) is 7.99. The van der Waals surface area contributed by atoms with Gasteiger partial charge in [-0.15, -0.1) is 0 Å². The third-order valence-electron chi connectivity index (χ3n) is 2.74. The number of carboxylic acids is 1. The van der Waals surface area contributed by atoms with Gasteiger partial charge in [0.2, 0.25) is 5.91 Å². The lowest BCUT2D eigenvalue weighted by Gasteiger charge is -2.12. The Kier molecular flexibility index (Phi) is 5.71. The number of sulfone groups is 1. The zero-order valence-electron chi connectivity index (χ0n) is 11.5. The van der Waals surface area contributed by atoms with E-state index in [1.54, 1.807) is 19.1 Å². The molecule has 3 N–H and O–H groups in total. The SMILES string of the molecule is Cc1cccc(C(=O)O)c1OCCS(=O)(=O)CCC(N)=O. The zero-order valence-corrected chi connectivity index (χ0v) is 12.4. The van der Waals surface area contributed by atoms with E-state index in [4.69, 9.17) is 15.6 Å². The molecular weight excluding hydrogens is 298 g/mol. The molecule has 0 saturated heterocycles. The van der Waals surface area contributed by atoms with Crippen LogP contribution in [0.5, 0.6) is 5.75 Å². The molecule has 1 aromatic carbocycles. The van der Waals surface area contributed by atoms with Crippen molar-refractivity contribution in [2.45, 2.75) is 13.3 Å². The summed E-state index contributed by atoms with van der Waals surface area (Å²) >= 11 is 0. The summed E-state index contributed by atoms with van der Waals surface area (Å²) in [6.45, 7) is 1.48. The average molecular weight is 315 g/mol. The second kappa shape index (κ2) is 7.07. The lowest BCUT2D eigenvalue weighted by Crippen LogP contribution is -2.22. The molecule has 0 unspecified atom stereocenters. The van der Waals surface area contributed by atoms with Crippen molar-refractivity contribution in [3.8, 4) is 5.75 Å². The second-order valence-electron chi connectivity index (χ2n) is 4.47. The number of aryl methyl sites for hydroxylation is 1. The minimum atomic E-state index is -3.47. The van der Waals surface area contributed by atoms with Crippen molar-refractivity contribution in [1.29, 1.82) is 0 Å². The number of nitrogens with two attached hydrogens (primary N) is 1. The Morgan fingerprint density at radius 3 is 2.52 bits per heavy atom. The van der Waals surface area contributed by atoms with Crippen LogP contribution in [0.15, 0.2) is 18.2 Å². The largest absolute Gasteiger partial charge is 0.491 e. The summed E-state index contributed by atoms with van der Waals surface area (Å²) in [7, 11) is -3.47. The van der Waals surface area contributed by atoms with E-state index in [1.165, 1.54) is 6.07 Å². The molecule has 0 fully saturated rings. The normalized spacial score (nSPS) is 11.1. The molecule has 0 aliphatic heterocycles. The molecule has 0 saturated carbocycles. The Morgan fingerprint density at radius 1 is 1.29 bits per heavy atom. The van der Waals surface area contributed by atoms with E-state index in [9.17, 15) is 18.0 Å². The number of hydrogen-bond donors (Lipinski definition) is 2. The second-order valence-corrected chi connectivity index (χ2v) is 6.78. The highest BCUT2D eigenvalue weighted by Crippen LogP contribution is 2.23. The van der Waals surface area contributed by atoms with Gasteiger partial charge < -0.3 is 15.6 Å². The van der Waals surface area contributed by atoms with Crippen molar-refractivity contribution in [3.05, 3.63) is 29.3 Å². The molecular formula is C13H17NO6S. The predicted molar refractivity (Wildman–Crippen MR) is 76.1 cm³/mol. The minimum absolute atomic E-state index is 0.0236. The number of carboxylic acid groups (broad SMARTS) is 1. The highest BCUT2D eigenvalue weighted by molar-refractivity contribution is 7.91. The fraction of sp³-hybridized carbons (Fsp3) is 0.385. The molecule has 7 nitrogen and oxygen atoms in total. The number of amides is 1. The van der Waals surface area contributed by atoms with Gasteiger partial charge in [0.05, 0.1) is 11.5 Å². The Morgan fingerprint density at radius 2 is 1.95 bits per heavy atom. The maximum Gasteiger partial charge on any atom is 0.339 e. The quantitative estimate of drug-likeness (QED) is 0.714. The van der Waals surface area contributed by atoms with Gasteiger partial charge >= 0.3 is 5.97 Å². The molecule has 0 radical (unpaired) electrons. The molecule has 8 heteroatoms. The molecule has 0 atom stereocenters. The van der Waals surface area contributed by atoms with E-state index >= 15 is 0 Å². The molecule has 0 aliphatic rings. The van der Waals surface area contributed by atoms with Gasteiger partial charge in [0.25, 0.3) is 0 Å². The van der Waals surface area contributed by atoms with Crippen molar-refractivity contribution in [2.75, 3.05) is 18.1 Å². The Bertz CT molecular complexity index is 638. The number of carbonyl (C=O) groups is 2. The van der Waals surface area contributed by atoms with E-state index in [0.29, 0.717) is 5.56 Å². The lowest BCUT2D eigenvalue weighted by molar-refractivity contribution is -0.117. The summed E-state index contributed by atoms with van der Waals surface area (Å²) in [6, 6.07) is 4.63. The first kappa shape index (κ1) is 17.0. The zero-order chi connectivity index (χ0) is 16.0. The van der Waals surface area contributed by atoms with Gasteiger partial charge in [-0.3, -0.25) is 4.79 Å². The van der Waals surface area contributed by atoms with Crippen molar-refractivity contribution in [3.63, 3.8) is 0 Å². The highest BCUT2D eigenvalue weighted by Gasteiger charge is 2.16. The molecule has 1 amide bonds. The Labute approximate surface area is 122 Å². The Hall–Kier alpha value is -2.09. The van der Waals surface area contributed by atoms with Crippen LogP contribution in [-0.4, -0.2) is 43.5 Å². The average Bonchev–Trinajstić information content (AvgIpc) is 2.38. The molecule has 1 aromatic rings. The lowest BCUT2D eigenvalue weighted by atomic mass is 10.1. The number of hydrogen-bond acceptors (Lipinski definition) is 5. The number of benzene rings is 1. The number of para-hydroxylation sites is 1. The first-order chi connectivity index (χ1) is 9.73. The van der Waals surface area contributed by atoms with Gasteiger partial charge in [0, 0.05) is 6.42 Å². The topological polar surface area (TPSA) is 124 Å². The number of primary amides is 1. The first-order valence-electron chi connectivity index (χ1n) is 6.17. The van der Waals surface area contributed by atoms with E-state index in [-0.39, 0.29) is 35.8 Å². The maximum absolute atomic E-state index is 11.6. The Balaban J connectivity index is 2.68. The third-order valence-corrected chi connectivity index (χ3v) is 4.36. The highest BCUT2D eigenvalue weighted by atomic mass is 32.2. The van der Waals surface area contributed by atoms with Crippen LogP contribution in [0, 0.1) is 6.92 Å². The van der Waals surface area contributed by atoms with Gasteiger partial charge in [-0.2, -0.15) is 0 Å². The van der Waals surface area contributed by atoms with Crippen LogP contribution in [0.25, 0.3) is 0 Å². The number of aromatic carboxylic acids is 1. The molecule has 0 spiro atoms. The molecule has 1 rings (SSSR count). The molecule has 0 heterocycles. The molecule has 116 valence electrons. The number of rotatable bonds is 8. The smallest absolute Gasteiger partial charge is 0.339 e. The fourth-order valence-electron chi connectivity index (χ4n) is 1.64. The van der Waals surface area contributed by atoms with Gasteiger partial charge in [-0.05, 0) is 18.6 Å². The summed E-state index contributed by atoms with van der Waals surface area (Å²) in [4.78, 5) is 21.6. The van der Waals surface area contributed by atoms with Crippen LogP contribution >= 0.6 is 0 Å². The van der Waals surface area contributed by atoms with Crippen LogP contribution in [0.1, 0.15) is 22.3 Å². The predicted octanol–water partition coefficient (Wildman–Crippen LogP) is 0.362. The standard InChI is InChI=1S/C13H17NO6S/c1-9-3-2-4-10(13(16)17)12(9)20-6-8-21(18,19)7-5-11(14)15/h2-4H,5-8H2,1H3,(H2,14,15)(H,16,17). The number of ether oxygens (including phenoxy) is 1. The van der Waals surface area contributed by atoms with E-state index < -0.39 is 21.7 Å². The maximum atomic E-state index is 11.6. The summed E-state index contributed by atoms with van der Waals surface area (Å²) in [5, 5.41) is 9.04. The summed E-state index contributed by atoms with van der Waals surface area (Å²) < 4.78 is 28.5. The van der Waals surface area contributed by atoms with Crippen LogP contribution in [-0.2, 0) is 14.6 Å². The third kappa shape index (κ3) is 5.42. The van der Waals surface area contributed by atoms with Crippen LogP contribution in [0.2, 0.25) is 0 Å². The molecule has 21 heavy (non-hydrogen) atoms. The van der Waals surface area contributed by atoms with E-state index in [1.807, 2.05) is 0 Å². The molecule has 0 aliphatic carbocycles. The van der Waals surface area contributed by atoms with Gasteiger partial charge in [0.15, 0.2) is 9.84 Å². The van der Waals surface area contributed by atoms with E-state index in [2.05, 4.69) is 0 Å².